The van der Waals surface area contributed by atoms with E-state index in [4.69, 9.17) is 11.6 Å². The van der Waals surface area contributed by atoms with Crippen LogP contribution in [0, 0.1) is 0 Å². The van der Waals surface area contributed by atoms with Crippen LogP contribution in [0.25, 0.3) is 0 Å². The van der Waals surface area contributed by atoms with E-state index in [2.05, 4.69) is 4.72 Å². The van der Waals surface area contributed by atoms with Crippen molar-refractivity contribution in [3.8, 4) is 0 Å². The SMILES string of the molecule is O=C(c1ccccc1NS(=O)(=O)c1ccc(Cl)cc1)N1CCCCCC1. The number of benzene rings is 2. The van der Waals surface area contributed by atoms with E-state index in [-0.39, 0.29) is 16.5 Å². The van der Waals surface area contributed by atoms with E-state index >= 15 is 0 Å². The predicted octanol–water partition coefficient (Wildman–Crippen LogP) is 4.16. The predicted molar refractivity (Wildman–Crippen MR) is 103 cm³/mol. The van der Waals surface area contributed by atoms with E-state index in [0.29, 0.717) is 23.7 Å². The molecule has 26 heavy (non-hydrogen) atoms. The summed E-state index contributed by atoms with van der Waals surface area (Å²) in [5.41, 5.74) is 0.656. The van der Waals surface area contributed by atoms with Crippen LogP contribution in [-0.4, -0.2) is 32.3 Å². The summed E-state index contributed by atoms with van der Waals surface area (Å²) < 4.78 is 27.8. The molecule has 1 amide bonds. The lowest BCUT2D eigenvalue weighted by Gasteiger charge is -2.22. The Kier molecular flexibility index (Phi) is 5.84. The van der Waals surface area contributed by atoms with Crippen LogP contribution in [0.1, 0.15) is 36.0 Å². The number of halogens is 1. The van der Waals surface area contributed by atoms with Crippen LogP contribution < -0.4 is 4.72 Å². The van der Waals surface area contributed by atoms with Crippen LogP contribution in [0.4, 0.5) is 5.69 Å². The van der Waals surface area contributed by atoms with Crippen LogP contribution in [0.5, 0.6) is 0 Å². The Labute approximate surface area is 159 Å². The molecule has 0 spiro atoms. The molecule has 1 saturated heterocycles. The Balaban J connectivity index is 1.87. The smallest absolute Gasteiger partial charge is 0.261 e. The molecular weight excluding hydrogens is 372 g/mol. The number of likely N-dealkylation sites (tertiary alicyclic amines) is 1. The molecule has 0 aromatic heterocycles. The zero-order chi connectivity index (χ0) is 18.6. The quantitative estimate of drug-likeness (QED) is 0.849. The zero-order valence-electron chi connectivity index (χ0n) is 14.3. The maximum absolute atomic E-state index is 12.9. The fourth-order valence-corrected chi connectivity index (χ4v) is 4.23. The number of rotatable bonds is 4. The van der Waals surface area contributed by atoms with Crippen molar-refractivity contribution in [2.75, 3.05) is 17.8 Å². The normalized spacial score (nSPS) is 15.3. The molecule has 1 aliphatic heterocycles. The summed E-state index contributed by atoms with van der Waals surface area (Å²) >= 11 is 5.82. The molecule has 0 unspecified atom stereocenters. The van der Waals surface area contributed by atoms with E-state index in [9.17, 15) is 13.2 Å². The Morgan fingerprint density at radius 1 is 0.923 bits per heavy atom. The summed E-state index contributed by atoms with van der Waals surface area (Å²) in [6, 6.07) is 12.6. The molecule has 1 N–H and O–H groups in total. The number of nitrogens with zero attached hydrogens (tertiary/aromatic N) is 1. The number of anilines is 1. The molecule has 2 aromatic rings. The minimum absolute atomic E-state index is 0.0962. The van der Waals surface area contributed by atoms with Crippen molar-refractivity contribution >= 4 is 33.2 Å². The van der Waals surface area contributed by atoms with Gasteiger partial charge in [-0.15, -0.1) is 0 Å². The molecule has 0 radical (unpaired) electrons. The third kappa shape index (κ3) is 4.37. The minimum Gasteiger partial charge on any atom is -0.339 e. The average Bonchev–Trinajstić information content (AvgIpc) is 2.91. The van der Waals surface area contributed by atoms with Crippen molar-refractivity contribution in [3.05, 3.63) is 59.1 Å². The summed E-state index contributed by atoms with van der Waals surface area (Å²) in [6.07, 6.45) is 4.19. The van der Waals surface area contributed by atoms with E-state index in [1.807, 2.05) is 4.90 Å². The molecule has 2 aromatic carbocycles. The highest BCUT2D eigenvalue weighted by Gasteiger charge is 2.22. The summed E-state index contributed by atoms with van der Waals surface area (Å²) in [6.45, 7) is 1.41. The second-order valence-electron chi connectivity index (χ2n) is 6.31. The second kappa shape index (κ2) is 8.10. The molecule has 1 aliphatic rings. The van der Waals surface area contributed by atoms with Crippen molar-refractivity contribution in [1.82, 2.24) is 4.90 Å². The highest BCUT2D eigenvalue weighted by atomic mass is 35.5. The molecule has 0 bridgehead atoms. The van der Waals surface area contributed by atoms with Crippen molar-refractivity contribution < 1.29 is 13.2 Å². The van der Waals surface area contributed by atoms with Crippen molar-refractivity contribution in [2.24, 2.45) is 0 Å². The first-order valence-electron chi connectivity index (χ1n) is 8.64. The maximum Gasteiger partial charge on any atom is 0.261 e. The first-order chi connectivity index (χ1) is 12.5. The van der Waals surface area contributed by atoms with Gasteiger partial charge in [0, 0.05) is 18.1 Å². The molecule has 138 valence electrons. The summed E-state index contributed by atoms with van der Waals surface area (Å²) in [5, 5.41) is 0.459. The lowest BCUT2D eigenvalue weighted by atomic mass is 10.1. The van der Waals surface area contributed by atoms with Gasteiger partial charge in [0.15, 0.2) is 0 Å². The number of sulfonamides is 1. The van der Waals surface area contributed by atoms with Gasteiger partial charge >= 0.3 is 0 Å². The lowest BCUT2D eigenvalue weighted by Crippen LogP contribution is -2.32. The summed E-state index contributed by atoms with van der Waals surface area (Å²) in [4.78, 5) is 14.8. The molecule has 5 nitrogen and oxygen atoms in total. The minimum atomic E-state index is -3.80. The zero-order valence-corrected chi connectivity index (χ0v) is 15.9. The third-order valence-electron chi connectivity index (χ3n) is 4.42. The van der Waals surface area contributed by atoms with Crippen molar-refractivity contribution in [2.45, 2.75) is 30.6 Å². The van der Waals surface area contributed by atoms with Gasteiger partial charge in [-0.25, -0.2) is 8.42 Å². The van der Waals surface area contributed by atoms with Crippen LogP contribution in [-0.2, 0) is 10.0 Å². The van der Waals surface area contributed by atoms with Gasteiger partial charge in [0.1, 0.15) is 0 Å². The van der Waals surface area contributed by atoms with Crippen LogP contribution >= 0.6 is 11.6 Å². The molecule has 0 atom stereocenters. The van der Waals surface area contributed by atoms with E-state index in [1.54, 1.807) is 24.3 Å². The number of carbonyl (C=O) groups is 1. The molecule has 7 heteroatoms. The standard InChI is InChI=1S/C19H21ClN2O3S/c20-15-9-11-16(12-10-15)26(24,25)21-18-8-4-3-7-17(18)19(23)22-13-5-1-2-6-14-22/h3-4,7-12,21H,1-2,5-6,13-14H2. The van der Waals surface area contributed by atoms with Gasteiger partial charge in [-0.3, -0.25) is 9.52 Å². The number of nitrogens with one attached hydrogen (secondary N) is 1. The fourth-order valence-electron chi connectivity index (χ4n) is 3.02. The largest absolute Gasteiger partial charge is 0.339 e. The van der Waals surface area contributed by atoms with Gasteiger partial charge in [-0.1, -0.05) is 36.6 Å². The Bertz CT molecular complexity index is 874. The van der Waals surface area contributed by atoms with E-state index in [1.165, 1.54) is 24.3 Å². The topological polar surface area (TPSA) is 66.5 Å². The average molecular weight is 393 g/mol. The highest BCUT2D eigenvalue weighted by molar-refractivity contribution is 7.92. The van der Waals surface area contributed by atoms with Gasteiger partial charge in [-0.2, -0.15) is 0 Å². The van der Waals surface area contributed by atoms with Crippen LogP contribution in [0.2, 0.25) is 5.02 Å². The van der Waals surface area contributed by atoms with Crippen LogP contribution in [0.15, 0.2) is 53.4 Å². The van der Waals surface area contributed by atoms with E-state index in [0.717, 1.165) is 25.7 Å². The Hall–Kier alpha value is -2.05. The van der Waals surface area contributed by atoms with Crippen molar-refractivity contribution in [1.29, 1.82) is 0 Å². The second-order valence-corrected chi connectivity index (χ2v) is 8.43. The highest BCUT2D eigenvalue weighted by Crippen LogP contribution is 2.23. The molecule has 1 fully saturated rings. The summed E-state index contributed by atoms with van der Waals surface area (Å²) in [7, 11) is -3.80. The number of amides is 1. The summed E-state index contributed by atoms with van der Waals surface area (Å²) in [5.74, 6) is -0.138. The third-order valence-corrected chi connectivity index (χ3v) is 6.05. The first-order valence-corrected chi connectivity index (χ1v) is 10.5. The Morgan fingerprint density at radius 2 is 1.54 bits per heavy atom. The maximum atomic E-state index is 12.9. The van der Waals surface area contributed by atoms with E-state index < -0.39 is 10.0 Å². The molecule has 3 rings (SSSR count). The monoisotopic (exact) mass is 392 g/mol. The van der Waals surface area contributed by atoms with Gasteiger partial charge in [0.2, 0.25) is 0 Å². The number of para-hydroxylation sites is 1. The molecule has 1 heterocycles. The van der Waals surface area contributed by atoms with Gasteiger partial charge < -0.3 is 4.90 Å². The number of hydrogen-bond acceptors (Lipinski definition) is 3. The van der Waals surface area contributed by atoms with Gasteiger partial charge in [0.05, 0.1) is 16.1 Å². The first kappa shape index (κ1) is 18.7. The molecular formula is C19H21ClN2O3S. The number of hydrogen-bond donors (Lipinski definition) is 1. The van der Waals surface area contributed by atoms with Crippen LogP contribution in [0.3, 0.4) is 0 Å². The van der Waals surface area contributed by atoms with Crippen molar-refractivity contribution in [3.63, 3.8) is 0 Å². The van der Waals surface area contributed by atoms with Gasteiger partial charge in [0.25, 0.3) is 15.9 Å². The number of carbonyl (C=O) groups excluding carboxylic acids is 1. The lowest BCUT2D eigenvalue weighted by molar-refractivity contribution is 0.0762. The fraction of sp³-hybridized carbons (Fsp3) is 0.316. The van der Waals surface area contributed by atoms with Gasteiger partial charge in [-0.05, 0) is 49.2 Å². The molecule has 0 saturated carbocycles. The Morgan fingerprint density at radius 3 is 2.19 bits per heavy atom. The molecule has 0 aliphatic carbocycles.